The molecule has 0 saturated carbocycles. The number of fused-ring (bicyclic) bond motifs is 1. The van der Waals surface area contributed by atoms with Crippen LogP contribution in [0.5, 0.6) is 0 Å². The summed E-state index contributed by atoms with van der Waals surface area (Å²) in [6.45, 7) is 2.73. The number of nitrogens with zero attached hydrogens (tertiary/aromatic N) is 4. The van der Waals surface area contributed by atoms with Crippen molar-refractivity contribution in [2.24, 2.45) is 0 Å². The van der Waals surface area contributed by atoms with Gasteiger partial charge in [0, 0.05) is 11.6 Å². The summed E-state index contributed by atoms with van der Waals surface area (Å²) in [4.78, 5) is 14.9. The van der Waals surface area contributed by atoms with Gasteiger partial charge in [0.25, 0.3) is 0 Å². The summed E-state index contributed by atoms with van der Waals surface area (Å²) in [6.07, 6.45) is 2.36. The molecule has 4 rings (SSSR count). The van der Waals surface area contributed by atoms with Crippen molar-refractivity contribution in [2.75, 3.05) is 19.6 Å². The van der Waals surface area contributed by atoms with E-state index in [0.717, 1.165) is 34.7 Å². The van der Waals surface area contributed by atoms with Crippen LogP contribution < -0.4 is 5.32 Å². The predicted molar refractivity (Wildman–Crippen MR) is 106 cm³/mol. The minimum atomic E-state index is -0.0816. The molecule has 3 aromatic rings. The van der Waals surface area contributed by atoms with Gasteiger partial charge in [-0.25, -0.2) is 4.68 Å². The van der Waals surface area contributed by atoms with Crippen molar-refractivity contribution in [2.45, 2.75) is 25.4 Å². The third-order valence-electron chi connectivity index (χ3n) is 5.05. The first kappa shape index (κ1) is 17.9. The number of halogens is 1. The quantitative estimate of drug-likeness (QED) is 0.710. The van der Waals surface area contributed by atoms with Crippen LogP contribution in [-0.4, -0.2) is 45.4 Å². The lowest BCUT2D eigenvalue weighted by Gasteiger charge is -2.29. The maximum Gasteiger partial charge on any atom is 0.241 e. The topological polar surface area (TPSA) is 63.1 Å². The van der Waals surface area contributed by atoms with Crippen molar-refractivity contribution < 1.29 is 4.79 Å². The molecule has 1 aromatic heterocycles. The van der Waals surface area contributed by atoms with Crippen molar-refractivity contribution in [3.63, 3.8) is 0 Å². The first-order valence-corrected chi connectivity index (χ1v) is 9.63. The van der Waals surface area contributed by atoms with Crippen molar-refractivity contribution >= 4 is 28.5 Å². The third kappa shape index (κ3) is 3.96. The standard InChI is InChI=1S/C20H22ClN5O/c21-16-8-2-1-7-15(16)19(25-11-5-6-12-25)13-22-20(27)14-26-18-10-4-3-9-17(18)23-24-26/h1-4,7-10,19H,5-6,11-14H2,(H,22,27). The lowest BCUT2D eigenvalue weighted by molar-refractivity contribution is -0.122. The number of para-hydroxylation sites is 1. The van der Waals surface area contributed by atoms with Gasteiger partial charge in [0.1, 0.15) is 12.1 Å². The summed E-state index contributed by atoms with van der Waals surface area (Å²) >= 11 is 6.43. The summed E-state index contributed by atoms with van der Waals surface area (Å²) in [6, 6.07) is 15.6. The Labute approximate surface area is 163 Å². The maximum absolute atomic E-state index is 12.5. The van der Waals surface area contributed by atoms with Crippen LogP contribution in [0, 0.1) is 0 Å². The van der Waals surface area contributed by atoms with E-state index in [0.29, 0.717) is 6.54 Å². The van der Waals surface area contributed by atoms with Gasteiger partial charge in [0.15, 0.2) is 0 Å². The molecule has 140 valence electrons. The Bertz CT molecular complexity index is 935. The second-order valence-corrected chi connectivity index (χ2v) is 7.23. The Hall–Kier alpha value is -2.44. The molecule has 2 aromatic carbocycles. The summed E-state index contributed by atoms with van der Waals surface area (Å²) in [7, 11) is 0. The van der Waals surface area contributed by atoms with E-state index in [1.807, 2.05) is 48.5 Å². The van der Waals surface area contributed by atoms with E-state index < -0.39 is 0 Å². The van der Waals surface area contributed by atoms with Gasteiger partial charge in [0.05, 0.1) is 11.6 Å². The molecule has 0 bridgehead atoms. The second-order valence-electron chi connectivity index (χ2n) is 6.82. The van der Waals surface area contributed by atoms with Crippen LogP contribution in [0.1, 0.15) is 24.4 Å². The zero-order valence-electron chi connectivity index (χ0n) is 15.0. The number of nitrogens with one attached hydrogen (secondary N) is 1. The number of carbonyl (C=O) groups excluding carboxylic acids is 1. The highest BCUT2D eigenvalue weighted by Gasteiger charge is 2.25. The van der Waals surface area contributed by atoms with Gasteiger partial charge in [-0.2, -0.15) is 0 Å². The third-order valence-corrected chi connectivity index (χ3v) is 5.40. The average Bonchev–Trinajstić information content (AvgIpc) is 3.34. The van der Waals surface area contributed by atoms with E-state index >= 15 is 0 Å². The first-order chi connectivity index (χ1) is 13.2. The van der Waals surface area contributed by atoms with Crippen LogP contribution in [0.15, 0.2) is 48.5 Å². The van der Waals surface area contributed by atoms with Gasteiger partial charge >= 0.3 is 0 Å². The first-order valence-electron chi connectivity index (χ1n) is 9.26. The fourth-order valence-electron chi connectivity index (χ4n) is 3.67. The summed E-state index contributed by atoms with van der Waals surface area (Å²) in [5.41, 5.74) is 2.71. The molecule has 0 aliphatic carbocycles. The molecule has 1 unspecified atom stereocenters. The number of carbonyl (C=O) groups is 1. The molecule has 1 amide bonds. The molecule has 1 aliphatic heterocycles. The molecule has 1 aliphatic rings. The predicted octanol–water partition coefficient (Wildman–Crippen LogP) is 3.04. The lowest BCUT2D eigenvalue weighted by atomic mass is 10.1. The smallest absolute Gasteiger partial charge is 0.241 e. The monoisotopic (exact) mass is 383 g/mol. The molecule has 1 atom stereocenters. The number of aromatic nitrogens is 3. The van der Waals surface area contributed by atoms with Crippen molar-refractivity contribution in [3.05, 3.63) is 59.1 Å². The van der Waals surface area contributed by atoms with Crippen LogP contribution in [-0.2, 0) is 11.3 Å². The normalized spacial score (nSPS) is 15.9. The molecular weight excluding hydrogens is 362 g/mol. The summed E-state index contributed by atoms with van der Waals surface area (Å²) in [5.74, 6) is -0.0816. The van der Waals surface area contributed by atoms with Crippen LogP contribution >= 0.6 is 11.6 Å². The Kier molecular flexibility index (Phi) is 5.36. The Morgan fingerprint density at radius 2 is 1.85 bits per heavy atom. The fraction of sp³-hybridized carbons (Fsp3) is 0.350. The van der Waals surface area contributed by atoms with E-state index in [-0.39, 0.29) is 18.5 Å². The Morgan fingerprint density at radius 1 is 1.11 bits per heavy atom. The van der Waals surface area contributed by atoms with Gasteiger partial charge in [-0.15, -0.1) is 5.10 Å². The molecule has 0 spiro atoms. The minimum absolute atomic E-state index is 0.0811. The van der Waals surface area contributed by atoms with Gasteiger partial charge in [-0.3, -0.25) is 9.69 Å². The molecule has 27 heavy (non-hydrogen) atoms. The van der Waals surface area contributed by atoms with E-state index in [4.69, 9.17) is 11.6 Å². The van der Waals surface area contributed by atoms with Crippen LogP contribution in [0.4, 0.5) is 0 Å². The Morgan fingerprint density at radius 3 is 2.67 bits per heavy atom. The van der Waals surface area contributed by atoms with E-state index in [1.165, 1.54) is 12.8 Å². The largest absolute Gasteiger partial charge is 0.353 e. The van der Waals surface area contributed by atoms with Crippen molar-refractivity contribution in [1.82, 2.24) is 25.2 Å². The molecule has 1 N–H and O–H groups in total. The lowest BCUT2D eigenvalue weighted by Crippen LogP contribution is -2.38. The van der Waals surface area contributed by atoms with E-state index in [1.54, 1.807) is 4.68 Å². The van der Waals surface area contributed by atoms with Crippen molar-refractivity contribution in [1.29, 1.82) is 0 Å². The molecule has 0 radical (unpaired) electrons. The highest BCUT2D eigenvalue weighted by molar-refractivity contribution is 6.31. The van der Waals surface area contributed by atoms with Crippen LogP contribution in [0.2, 0.25) is 5.02 Å². The summed E-state index contributed by atoms with van der Waals surface area (Å²) in [5, 5.41) is 12.0. The molecule has 7 heteroatoms. The maximum atomic E-state index is 12.5. The van der Waals surface area contributed by atoms with E-state index in [2.05, 4.69) is 20.5 Å². The highest BCUT2D eigenvalue weighted by atomic mass is 35.5. The van der Waals surface area contributed by atoms with Crippen molar-refractivity contribution in [3.8, 4) is 0 Å². The number of benzene rings is 2. The molecule has 2 heterocycles. The number of hydrogen-bond donors (Lipinski definition) is 1. The van der Waals surface area contributed by atoms with Crippen LogP contribution in [0.3, 0.4) is 0 Å². The number of hydrogen-bond acceptors (Lipinski definition) is 4. The molecule has 6 nitrogen and oxygen atoms in total. The minimum Gasteiger partial charge on any atom is -0.353 e. The molecule has 1 fully saturated rings. The SMILES string of the molecule is O=C(Cn1nnc2ccccc21)NCC(c1ccccc1Cl)N1CCCC1. The highest BCUT2D eigenvalue weighted by Crippen LogP contribution is 2.29. The number of amides is 1. The second kappa shape index (κ2) is 8.06. The average molecular weight is 384 g/mol. The number of rotatable bonds is 6. The molecular formula is C20H22ClN5O. The van der Waals surface area contributed by atoms with Gasteiger partial charge in [0.2, 0.25) is 5.91 Å². The Balaban J connectivity index is 1.45. The summed E-state index contributed by atoms with van der Waals surface area (Å²) < 4.78 is 1.63. The molecule has 1 saturated heterocycles. The van der Waals surface area contributed by atoms with Gasteiger partial charge in [-0.05, 0) is 49.7 Å². The zero-order chi connectivity index (χ0) is 18.6. The van der Waals surface area contributed by atoms with Gasteiger partial charge in [-0.1, -0.05) is 47.1 Å². The van der Waals surface area contributed by atoms with Gasteiger partial charge < -0.3 is 5.32 Å². The number of likely N-dealkylation sites (tertiary alicyclic amines) is 1. The fourth-order valence-corrected chi connectivity index (χ4v) is 3.93. The van der Waals surface area contributed by atoms with E-state index in [9.17, 15) is 4.79 Å². The van der Waals surface area contributed by atoms with Crippen LogP contribution in [0.25, 0.3) is 11.0 Å². The zero-order valence-corrected chi connectivity index (χ0v) is 15.8.